The van der Waals surface area contributed by atoms with Crippen LogP contribution >= 0.6 is 11.8 Å². The summed E-state index contributed by atoms with van der Waals surface area (Å²) in [5, 5.41) is 9.13. The van der Waals surface area contributed by atoms with Crippen LogP contribution in [0.4, 0.5) is 4.79 Å². The van der Waals surface area contributed by atoms with Crippen molar-refractivity contribution in [3.05, 3.63) is 0 Å². The molecule has 0 aliphatic carbocycles. The topological polar surface area (TPSA) is 87.2 Å². The minimum Gasteiger partial charge on any atom is -0.480 e. The van der Waals surface area contributed by atoms with Crippen LogP contribution in [-0.4, -0.2) is 77.7 Å². The molecule has 7 nitrogen and oxygen atoms in total. The number of methoxy groups -OCH3 is 1. The van der Waals surface area contributed by atoms with Crippen LogP contribution in [0.15, 0.2) is 0 Å². The molecule has 1 saturated heterocycles. The van der Waals surface area contributed by atoms with Crippen molar-refractivity contribution >= 4 is 29.7 Å². The minimum absolute atomic E-state index is 0.242. The Morgan fingerprint density at radius 3 is 2.75 bits per heavy atom. The van der Waals surface area contributed by atoms with Gasteiger partial charge in [-0.25, -0.2) is 9.59 Å². The van der Waals surface area contributed by atoms with Crippen LogP contribution < -0.4 is 0 Å². The molecule has 1 atom stereocenters. The van der Waals surface area contributed by atoms with Crippen molar-refractivity contribution in [3.8, 4) is 0 Å². The number of ether oxygens (including phenoxy) is 1. The van der Waals surface area contributed by atoms with Crippen molar-refractivity contribution in [2.45, 2.75) is 18.9 Å². The Morgan fingerprint density at radius 1 is 1.45 bits per heavy atom. The summed E-state index contributed by atoms with van der Waals surface area (Å²) in [6.07, 6.45) is 0.738. The fourth-order valence-electron chi connectivity index (χ4n) is 1.91. The van der Waals surface area contributed by atoms with Gasteiger partial charge in [0.2, 0.25) is 0 Å². The lowest BCUT2D eigenvalue weighted by molar-refractivity contribution is -0.141. The summed E-state index contributed by atoms with van der Waals surface area (Å²) < 4.78 is 4.52. The van der Waals surface area contributed by atoms with Gasteiger partial charge in [-0.2, -0.15) is 11.8 Å². The van der Waals surface area contributed by atoms with Gasteiger partial charge < -0.3 is 19.6 Å². The van der Waals surface area contributed by atoms with E-state index in [0.29, 0.717) is 25.3 Å². The van der Waals surface area contributed by atoms with Crippen molar-refractivity contribution in [1.29, 1.82) is 0 Å². The van der Waals surface area contributed by atoms with Crippen LogP contribution in [0.2, 0.25) is 0 Å². The number of carboxylic acids is 1. The summed E-state index contributed by atoms with van der Waals surface area (Å²) >= 11 is 1.53. The second-order valence-electron chi connectivity index (χ2n) is 4.51. The number of esters is 1. The van der Waals surface area contributed by atoms with Crippen molar-refractivity contribution in [3.63, 3.8) is 0 Å². The van der Waals surface area contributed by atoms with Crippen LogP contribution in [0.25, 0.3) is 0 Å². The highest BCUT2D eigenvalue weighted by molar-refractivity contribution is 7.99. The number of carbonyl (C=O) groups is 3. The number of nitrogens with zero attached hydrogens (tertiary/aromatic N) is 2. The van der Waals surface area contributed by atoms with Crippen molar-refractivity contribution in [2.24, 2.45) is 0 Å². The lowest BCUT2D eigenvalue weighted by Crippen LogP contribution is -2.54. The number of thioether (sulfide) groups is 1. The normalized spacial score (nSPS) is 18.5. The van der Waals surface area contributed by atoms with Gasteiger partial charge >= 0.3 is 18.0 Å². The largest absolute Gasteiger partial charge is 0.480 e. The molecule has 2 amide bonds. The standard InChI is InChI=1S/C12H20N2O5S/c1-13(5-3-4-10(15)19-2)12(18)14-6-7-20-8-9(14)11(16)17/h9H,3-8H2,1-2H3,(H,16,17). The monoisotopic (exact) mass is 304 g/mol. The SMILES string of the molecule is COC(=O)CCCN(C)C(=O)N1CCSCC1C(=O)O. The molecule has 20 heavy (non-hydrogen) atoms. The van der Waals surface area contributed by atoms with E-state index in [1.54, 1.807) is 7.05 Å². The van der Waals surface area contributed by atoms with Gasteiger partial charge in [-0.15, -0.1) is 0 Å². The Morgan fingerprint density at radius 2 is 2.15 bits per heavy atom. The molecule has 1 aliphatic heterocycles. The molecule has 1 aliphatic rings. The summed E-state index contributed by atoms with van der Waals surface area (Å²) in [6.45, 7) is 0.825. The van der Waals surface area contributed by atoms with Crippen LogP contribution in [0, 0.1) is 0 Å². The number of carboxylic acid groups (broad SMARTS) is 1. The molecule has 1 unspecified atom stereocenters. The molecule has 0 bridgehead atoms. The summed E-state index contributed by atoms with van der Waals surface area (Å²) in [7, 11) is 2.93. The van der Waals surface area contributed by atoms with Gasteiger partial charge in [-0.05, 0) is 6.42 Å². The van der Waals surface area contributed by atoms with Gasteiger partial charge in [0.15, 0.2) is 0 Å². The summed E-state index contributed by atoms with van der Waals surface area (Å²) in [4.78, 5) is 37.2. The van der Waals surface area contributed by atoms with E-state index < -0.39 is 12.0 Å². The van der Waals surface area contributed by atoms with E-state index in [-0.39, 0.29) is 18.4 Å². The highest BCUT2D eigenvalue weighted by Gasteiger charge is 2.33. The smallest absolute Gasteiger partial charge is 0.327 e. The lowest BCUT2D eigenvalue weighted by atomic mass is 10.2. The van der Waals surface area contributed by atoms with Gasteiger partial charge in [0, 0.05) is 38.1 Å². The molecule has 0 aromatic rings. The molecule has 8 heteroatoms. The highest BCUT2D eigenvalue weighted by atomic mass is 32.2. The first kappa shape index (κ1) is 16.6. The average Bonchev–Trinajstić information content (AvgIpc) is 2.45. The second kappa shape index (κ2) is 7.98. The van der Waals surface area contributed by atoms with Crippen molar-refractivity contribution < 1.29 is 24.2 Å². The molecule has 0 aromatic carbocycles. The Bertz CT molecular complexity index is 377. The maximum Gasteiger partial charge on any atom is 0.327 e. The Balaban J connectivity index is 2.49. The number of hydrogen-bond donors (Lipinski definition) is 1. The molecule has 1 rings (SSSR count). The fourth-order valence-corrected chi connectivity index (χ4v) is 2.95. The molecule has 0 saturated carbocycles. The van der Waals surface area contributed by atoms with Crippen molar-refractivity contribution in [1.82, 2.24) is 9.80 Å². The molecular formula is C12H20N2O5S. The third-order valence-electron chi connectivity index (χ3n) is 3.09. The van der Waals surface area contributed by atoms with Gasteiger partial charge in [0.25, 0.3) is 0 Å². The highest BCUT2D eigenvalue weighted by Crippen LogP contribution is 2.18. The Labute approximate surface area is 122 Å². The Kier molecular flexibility index (Phi) is 6.63. The van der Waals surface area contributed by atoms with Gasteiger partial charge in [0.05, 0.1) is 7.11 Å². The zero-order valence-corrected chi connectivity index (χ0v) is 12.5. The maximum absolute atomic E-state index is 12.2. The van der Waals surface area contributed by atoms with E-state index in [4.69, 9.17) is 5.11 Å². The number of amides is 2. The van der Waals surface area contributed by atoms with E-state index in [1.807, 2.05) is 0 Å². The van der Waals surface area contributed by atoms with Crippen LogP contribution in [-0.2, 0) is 14.3 Å². The molecule has 114 valence electrons. The summed E-state index contributed by atoms with van der Waals surface area (Å²) in [6, 6.07) is -1.08. The fraction of sp³-hybridized carbons (Fsp3) is 0.750. The van der Waals surface area contributed by atoms with Crippen LogP contribution in [0.3, 0.4) is 0 Å². The number of carbonyl (C=O) groups excluding carboxylic acids is 2. The molecular weight excluding hydrogens is 284 g/mol. The predicted molar refractivity (Wildman–Crippen MR) is 74.7 cm³/mol. The third kappa shape index (κ3) is 4.59. The van der Waals surface area contributed by atoms with E-state index in [1.165, 1.54) is 28.7 Å². The molecule has 1 fully saturated rings. The maximum atomic E-state index is 12.2. The molecule has 0 aromatic heterocycles. The minimum atomic E-state index is -0.978. The first-order valence-electron chi connectivity index (χ1n) is 6.36. The predicted octanol–water partition coefficient (Wildman–Crippen LogP) is 0.493. The first-order valence-corrected chi connectivity index (χ1v) is 7.52. The molecule has 1 heterocycles. The lowest BCUT2D eigenvalue weighted by Gasteiger charge is -2.35. The summed E-state index contributed by atoms with van der Waals surface area (Å²) in [5.74, 6) is -0.139. The number of rotatable bonds is 5. The van der Waals surface area contributed by atoms with E-state index in [2.05, 4.69) is 4.74 Å². The number of hydrogen-bond acceptors (Lipinski definition) is 5. The average molecular weight is 304 g/mol. The van der Waals surface area contributed by atoms with Gasteiger partial charge in [0.1, 0.15) is 6.04 Å². The molecule has 1 N–H and O–H groups in total. The van der Waals surface area contributed by atoms with Gasteiger partial charge in [-0.1, -0.05) is 0 Å². The third-order valence-corrected chi connectivity index (χ3v) is 4.11. The zero-order chi connectivity index (χ0) is 15.1. The van der Waals surface area contributed by atoms with Crippen LogP contribution in [0.5, 0.6) is 0 Å². The van der Waals surface area contributed by atoms with Crippen LogP contribution in [0.1, 0.15) is 12.8 Å². The number of urea groups is 1. The second-order valence-corrected chi connectivity index (χ2v) is 5.66. The van der Waals surface area contributed by atoms with Gasteiger partial charge in [-0.3, -0.25) is 4.79 Å². The molecule has 0 radical (unpaired) electrons. The molecule has 0 spiro atoms. The first-order chi connectivity index (χ1) is 9.47. The summed E-state index contributed by atoms with van der Waals surface area (Å²) in [5.41, 5.74) is 0. The van der Waals surface area contributed by atoms with E-state index in [0.717, 1.165) is 5.75 Å². The van der Waals surface area contributed by atoms with Crippen molar-refractivity contribution in [2.75, 3.05) is 38.8 Å². The Hall–Kier alpha value is -1.44. The van der Waals surface area contributed by atoms with E-state index >= 15 is 0 Å². The van der Waals surface area contributed by atoms with E-state index in [9.17, 15) is 14.4 Å². The quantitative estimate of drug-likeness (QED) is 0.744. The zero-order valence-electron chi connectivity index (χ0n) is 11.7. The number of aliphatic carboxylic acids is 1.